The Bertz CT molecular complexity index is 1090. The highest BCUT2D eigenvalue weighted by atomic mass is 32.1. The molecule has 1 aromatic heterocycles. The molecule has 7 nitrogen and oxygen atoms in total. The average molecular weight is 426 g/mol. The van der Waals surface area contributed by atoms with Gasteiger partial charge in [0.2, 0.25) is 5.91 Å². The second-order valence-electron chi connectivity index (χ2n) is 6.52. The van der Waals surface area contributed by atoms with E-state index in [-0.39, 0.29) is 18.9 Å². The Balaban J connectivity index is 1.51. The minimum atomic E-state index is -0.394. The maximum Gasteiger partial charge on any atom is 0.259 e. The first-order valence-electron chi connectivity index (χ1n) is 9.29. The minimum Gasteiger partial charge on any atom is -0.493 e. The molecular formula is C22H23N3O4S. The summed E-state index contributed by atoms with van der Waals surface area (Å²) in [7, 11) is 3.08. The third-order valence-corrected chi connectivity index (χ3v) is 5.44. The highest BCUT2D eigenvalue weighted by molar-refractivity contribution is 7.17. The van der Waals surface area contributed by atoms with Crippen molar-refractivity contribution in [2.24, 2.45) is 5.10 Å². The lowest BCUT2D eigenvalue weighted by Crippen LogP contribution is -2.36. The highest BCUT2D eigenvalue weighted by Crippen LogP contribution is 2.28. The molecule has 0 fully saturated rings. The van der Waals surface area contributed by atoms with Crippen LogP contribution in [-0.2, 0) is 16.0 Å². The molecule has 1 heterocycles. The van der Waals surface area contributed by atoms with Crippen molar-refractivity contribution in [3.63, 3.8) is 0 Å². The first kappa shape index (κ1) is 21.3. The van der Waals surface area contributed by atoms with Crippen molar-refractivity contribution in [2.45, 2.75) is 13.3 Å². The molecular weight excluding hydrogens is 402 g/mol. The van der Waals surface area contributed by atoms with Crippen molar-refractivity contribution >= 4 is 38.9 Å². The number of carbonyl (C=O) groups excluding carboxylic acids is 2. The standard InChI is InChI=1S/C22H23N3O4S/c1-14(17-13-30-20-7-5-4-6-16(17)20)24-25-22(27)12-23-21(26)11-15-8-9-18(28-2)19(10-15)29-3/h4-10,13H,11-12H2,1-3H3,(H,23,26)(H,25,27)/b24-14-. The smallest absolute Gasteiger partial charge is 0.259 e. The topological polar surface area (TPSA) is 89.0 Å². The number of benzene rings is 2. The summed E-state index contributed by atoms with van der Waals surface area (Å²) in [5.41, 5.74) is 4.93. The van der Waals surface area contributed by atoms with Gasteiger partial charge in [-0.25, -0.2) is 5.43 Å². The van der Waals surface area contributed by atoms with E-state index in [1.807, 2.05) is 36.6 Å². The molecule has 0 saturated carbocycles. The second kappa shape index (κ2) is 9.89. The minimum absolute atomic E-state index is 0.122. The van der Waals surface area contributed by atoms with Gasteiger partial charge >= 0.3 is 0 Å². The molecule has 2 aromatic carbocycles. The molecule has 0 unspecified atom stereocenters. The largest absolute Gasteiger partial charge is 0.493 e. The Hall–Kier alpha value is -3.39. The number of amides is 2. The van der Waals surface area contributed by atoms with Gasteiger partial charge in [0.05, 0.1) is 32.9 Å². The molecule has 3 aromatic rings. The summed E-state index contributed by atoms with van der Waals surface area (Å²) in [6, 6.07) is 13.3. The Kier molecular flexibility index (Phi) is 7.03. The van der Waals surface area contributed by atoms with Crippen LogP contribution in [0, 0.1) is 0 Å². The van der Waals surface area contributed by atoms with Crippen molar-refractivity contribution in [1.82, 2.24) is 10.7 Å². The fourth-order valence-electron chi connectivity index (χ4n) is 2.92. The Morgan fingerprint density at radius 2 is 1.80 bits per heavy atom. The number of thiophene rings is 1. The summed E-state index contributed by atoms with van der Waals surface area (Å²) >= 11 is 1.63. The zero-order chi connectivity index (χ0) is 21.5. The maximum atomic E-state index is 12.1. The summed E-state index contributed by atoms with van der Waals surface area (Å²) in [6.45, 7) is 1.68. The SMILES string of the molecule is COc1ccc(CC(=O)NCC(=O)N/N=C(/C)c2csc3ccccc23)cc1OC. The quantitative estimate of drug-likeness (QED) is 0.429. The third-order valence-electron chi connectivity index (χ3n) is 4.48. The van der Waals surface area contributed by atoms with Crippen LogP contribution in [0.1, 0.15) is 18.1 Å². The maximum absolute atomic E-state index is 12.1. The zero-order valence-electron chi connectivity index (χ0n) is 17.0. The molecule has 30 heavy (non-hydrogen) atoms. The van der Waals surface area contributed by atoms with E-state index in [2.05, 4.69) is 15.8 Å². The van der Waals surface area contributed by atoms with Crippen molar-refractivity contribution in [2.75, 3.05) is 20.8 Å². The molecule has 2 amide bonds. The molecule has 2 N–H and O–H groups in total. The number of nitrogens with zero attached hydrogens (tertiary/aromatic N) is 1. The van der Waals surface area contributed by atoms with Gasteiger partial charge in [-0.3, -0.25) is 9.59 Å². The van der Waals surface area contributed by atoms with E-state index in [1.54, 1.807) is 36.6 Å². The van der Waals surface area contributed by atoms with Crippen molar-refractivity contribution in [1.29, 1.82) is 0 Å². The van der Waals surface area contributed by atoms with Crippen LogP contribution in [0.25, 0.3) is 10.1 Å². The number of ether oxygens (including phenoxy) is 2. The number of hydrazone groups is 1. The summed E-state index contributed by atoms with van der Waals surface area (Å²) in [4.78, 5) is 24.2. The van der Waals surface area contributed by atoms with E-state index in [4.69, 9.17) is 9.47 Å². The molecule has 0 radical (unpaired) electrons. The number of methoxy groups -OCH3 is 2. The van der Waals surface area contributed by atoms with E-state index < -0.39 is 5.91 Å². The van der Waals surface area contributed by atoms with Crippen LogP contribution in [-0.4, -0.2) is 38.3 Å². The van der Waals surface area contributed by atoms with Gasteiger partial charge in [-0.2, -0.15) is 5.10 Å². The summed E-state index contributed by atoms with van der Waals surface area (Å²) < 4.78 is 11.6. The molecule has 0 aliphatic rings. The number of fused-ring (bicyclic) bond motifs is 1. The first-order valence-corrected chi connectivity index (χ1v) is 10.2. The predicted octanol–water partition coefficient (Wildman–Crippen LogP) is 3.12. The number of rotatable bonds is 8. The fourth-order valence-corrected chi connectivity index (χ4v) is 3.93. The van der Waals surface area contributed by atoms with Gasteiger partial charge in [-0.1, -0.05) is 24.3 Å². The van der Waals surface area contributed by atoms with E-state index in [9.17, 15) is 9.59 Å². The fraction of sp³-hybridized carbons (Fsp3) is 0.227. The lowest BCUT2D eigenvalue weighted by Gasteiger charge is -2.09. The van der Waals surface area contributed by atoms with E-state index >= 15 is 0 Å². The van der Waals surface area contributed by atoms with E-state index in [0.29, 0.717) is 17.2 Å². The summed E-state index contributed by atoms with van der Waals surface area (Å²) in [5.74, 6) is 0.468. The van der Waals surface area contributed by atoms with Gasteiger partial charge < -0.3 is 14.8 Å². The van der Waals surface area contributed by atoms with Crippen LogP contribution in [0.3, 0.4) is 0 Å². The predicted molar refractivity (Wildman–Crippen MR) is 118 cm³/mol. The Morgan fingerprint density at radius 1 is 1.03 bits per heavy atom. The molecule has 0 aliphatic heterocycles. The number of nitrogens with one attached hydrogen (secondary N) is 2. The van der Waals surface area contributed by atoms with Crippen molar-refractivity contribution in [3.8, 4) is 11.5 Å². The normalized spacial score (nSPS) is 11.2. The van der Waals surface area contributed by atoms with Gasteiger partial charge in [0.25, 0.3) is 5.91 Å². The molecule has 156 valence electrons. The van der Waals surface area contributed by atoms with Crippen LogP contribution < -0.4 is 20.2 Å². The van der Waals surface area contributed by atoms with E-state index in [1.165, 1.54) is 7.11 Å². The highest BCUT2D eigenvalue weighted by Gasteiger charge is 2.10. The zero-order valence-corrected chi connectivity index (χ0v) is 17.8. The van der Waals surface area contributed by atoms with Crippen molar-refractivity contribution < 1.29 is 19.1 Å². The summed E-state index contributed by atoms with van der Waals surface area (Å²) in [5, 5.41) is 9.87. The molecule has 0 spiro atoms. The molecule has 0 saturated heterocycles. The van der Waals surface area contributed by atoms with Crippen molar-refractivity contribution in [3.05, 3.63) is 59.0 Å². The van der Waals surface area contributed by atoms with Gasteiger partial charge in [0.15, 0.2) is 11.5 Å². The Morgan fingerprint density at radius 3 is 2.57 bits per heavy atom. The van der Waals surface area contributed by atoms with Crippen LogP contribution in [0.5, 0.6) is 11.5 Å². The second-order valence-corrected chi connectivity index (χ2v) is 7.43. The van der Waals surface area contributed by atoms with Crippen LogP contribution in [0.4, 0.5) is 0 Å². The van der Waals surface area contributed by atoms with Crippen LogP contribution >= 0.6 is 11.3 Å². The lowest BCUT2D eigenvalue weighted by atomic mass is 10.1. The van der Waals surface area contributed by atoms with Gasteiger partial charge in [0.1, 0.15) is 0 Å². The number of hydrogen-bond acceptors (Lipinski definition) is 6. The number of carbonyl (C=O) groups is 2. The van der Waals surface area contributed by atoms with Crippen LogP contribution in [0.2, 0.25) is 0 Å². The molecule has 0 bridgehead atoms. The molecule has 3 rings (SSSR count). The van der Waals surface area contributed by atoms with E-state index in [0.717, 1.165) is 21.2 Å². The monoisotopic (exact) mass is 425 g/mol. The third kappa shape index (κ3) is 5.15. The summed E-state index contributed by atoms with van der Waals surface area (Å²) in [6.07, 6.45) is 0.122. The van der Waals surface area contributed by atoms with Gasteiger partial charge in [-0.15, -0.1) is 11.3 Å². The van der Waals surface area contributed by atoms with Gasteiger partial charge in [0, 0.05) is 21.0 Å². The first-order chi connectivity index (χ1) is 14.5. The van der Waals surface area contributed by atoms with Gasteiger partial charge in [-0.05, 0) is 30.7 Å². The lowest BCUT2D eigenvalue weighted by molar-refractivity contribution is -0.125. The molecule has 8 heteroatoms. The molecule has 0 atom stereocenters. The van der Waals surface area contributed by atoms with Crippen LogP contribution in [0.15, 0.2) is 52.9 Å². The number of hydrogen-bond donors (Lipinski definition) is 2. The molecule has 0 aliphatic carbocycles. The Labute approximate surface area is 178 Å². The average Bonchev–Trinajstić information content (AvgIpc) is 3.20.